The van der Waals surface area contributed by atoms with Crippen LogP contribution in [0.5, 0.6) is 5.75 Å². The molecule has 19 heavy (non-hydrogen) atoms. The van der Waals surface area contributed by atoms with E-state index in [4.69, 9.17) is 0 Å². The summed E-state index contributed by atoms with van der Waals surface area (Å²) in [6, 6.07) is 5.16. The van der Waals surface area contributed by atoms with Crippen molar-refractivity contribution in [3.8, 4) is 5.75 Å². The van der Waals surface area contributed by atoms with Crippen molar-refractivity contribution in [1.82, 2.24) is 4.90 Å². The minimum Gasteiger partial charge on any atom is -0.508 e. The summed E-state index contributed by atoms with van der Waals surface area (Å²) >= 11 is 0. The fourth-order valence-corrected chi connectivity index (χ4v) is 1.67. The topological polar surface area (TPSA) is 57.6 Å². The third-order valence-electron chi connectivity index (χ3n) is 2.47. The van der Waals surface area contributed by atoms with Crippen molar-refractivity contribution in [2.45, 2.75) is 19.9 Å². The molecule has 1 rings (SSSR count). The van der Waals surface area contributed by atoms with Crippen LogP contribution in [0, 0.1) is 0 Å². The number of Topliss-reactive ketones (excluding diaryl/α,β-unsaturated/α-hetero) is 1. The molecule has 0 spiro atoms. The fourth-order valence-electron chi connectivity index (χ4n) is 1.67. The number of aromatic hydroxyl groups is 1. The van der Waals surface area contributed by atoms with Crippen molar-refractivity contribution in [2.24, 2.45) is 0 Å². The number of allylic oxidation sites excluding steroid dienone is 1. The monoisotopic (exact) mass is 261 g/mol. The van der Waals surface area contributed by atoms with E-state index >= 15 is 0 Å². The zero-order valence-electron chi connectivity index (χ0n) is 11.5. The minimum atomic E-state index is -0.213. The number of carbonyl (C=O) groups excluding carboxylic acids is 2. The SMILES string of the molecule is CC(=O)CC(=O)/C=C/c1ccc(O)c(CN(C)C)c1. The first-order chi connectivity index (χ1) is 8.88. The summed E-state index contributed by atoms with van der Waals surface area (Å²) in [5.74, 6) is -0.121. The number of hydrogen-bond donors (Lipinski definition) is 1. The lowest BCUT2D eigenvalue weighted by Gasteiger charge is -2.11. The van der Waals surface area contributed by atoms with Crippen LogP contribution in [0.4, 0.5) is 0 Å². The molecule has 0 bridgehead atoms. The van der Waals surface area contributed by atoms with Gasteiger partial charge in [-0.3, -0.25) is 9.59 Å². The molecule has 0 saturated heterocycles. The maximum absolute atomic E-state index is 11.4. The summed E-state index contributed by atoms with van der Waals surface area (Å²) in [7, 11) is 3.83. The van der Waals surface area contributed by atoms with Crippen LogP contribution in [0.2, 0.25) is 0 Å². The van der Waals surface area contributed by atoms with Gasteiger partial charge in [-0.05, 0) is 44.8 Å². The van der Waals surface area contributed by atoms with E-state index in [1.54, 1.807) is 18.2 Å². The van der Waals surface area contributed by atoms with E-state index in [-0.39, 0.29) is 23.7 Å². The molecule has 0 aliphatic rings. The molecule has 0 fully saturated rings. The van der Waals surface area contributed by atoms with Gasteiger partial charge in [-0.2, -0.15) is 0 Å². The summed E-state index contributed by atoms with van der Waals surface area (Å²) in [6.45, 7) is 2.01. The van der Waals surface area contributed by atoms with Crippen LogP contribution in [0.1, 0.15) is 24.5 Å². The summed E-state index contributed by atoms with van der Waals surface area (Å²) < 4.78 is 0. The molecule has 0 unspecified atom stereocenters. The predicted molar refractivity (Wildman–Crippen MR) is 74.8 cm³/mol. The molecule has 1 aromatic rings. The Morgan fingerprint density at radius 1 is 1.32 bits per heavy atom. The molecule has 1 N–H and O–H groups in total. The molecule has 0 heterocycles. The van der Waals surface area contributed by atoms with Gasteiger partial charge >= 0.3 is 0 Å². The second-order valence-electron chi connectivity index (χ2n) is 4.80. The second-order valence-corrected chi connectivity index (χ2v) is 4.80. The highest BCUT2D eigenvalue weighted by molar-refractivity contribution is 6.05. The first kappa shape index (κ1) is 15.1. The van der Waals surface area contributed by atoms with E-state index in [0.29, 0.717) is 6.54 Å². The number of ketones is 2. The Labute approximate surface area is 113 Å². The van der Waals surface area contributed by atoms with Gasteiger partial charge in [-0.25, -0.2) is 0 Å². The number of phenolic OH excluding ortho intramolecular Hbond substituents is 1. The van der Waals surface area contributed by atoms with Gasteiger partial charge in [0.05, 0.1) is 6.42 Å². The Hall–Kier alpha value is -1.94. The van der Waals surface area contributed by atoms with Crippen molar-refractivity contribution >= 4 is 17.6 Å². The lowest BCUT2D eigenvalue weighted by molar-refractivity contribution is -0.123. The van der Waals surface area contributed by atoms with Crippen LogP contribution < -0.4 is 0 Å². The van der Waals surface area contributed by atoms with Gasteiger partial charge in [0.25, 0.3) is 0 Å². The molecular weight excluding hydrogens is 242 g/mol. The summed E-state index contributed by atoms with van der Waals surface area (Å²) in [4.78, 5) is 24.1. The van der Waals surface area contributed by atoms with Gasteiger partial charge < -0.3 is 10.0 Å². The number of benzene rings is 1. The predicted octanol–water partition coefficient (Wildman–Crippen LogP) is 2.02. The van der Waals surface area contributed by atoms with Crippen molar-refractivity contribution in [3.63, 3.8) is 0 Å². The van der Waals surface area contributed by atoms with Crippen molar-refractivity contribution < 1.29 is 14.7 Å². The number of rotatable bonds is 6. The molecule has 1 aromatic carbocycles. The molecule has 0 radical (unpaired) electrons. The smallest absolute Gasteiger partial charge is 0.163 e. The van der Waals surface area contributed by atoms with Gasteiger partial charge in [0.2, 0.25) is 0 Å². The quantitative estimate of drug-likeness (QED) is 0.628. The molecule has 0 aliphatic heterocycles. The standard InChI is InChI=1S/C15H19NO3/c1-11(17)8-14(18)6-4-12-5-7-15(19)13(9-12)10-16(2)3/h4-7,9,19H,8,10H2,1-3H3/b6-4+. The van der Waals surface area contributed by atoms with Crippen LogP contribution in [0.15, 0.2) is 24.3 Å². The van der Waals surface area contributed by atoms with Gasteiger partial charge in [-0.15, -0.1) is 0 Å². The van der Waals surface area contributed by atoms with Gasteiger partial charge in [0.1, 0.15) is 11.5 Å². The molecule has 0 aromatic heterocycles. The Morgan fingerprint density at radius 2 is 2.00 bits per heavy atom. The minimum absolute atomic E-state index is 0.0703. The molecule has 0 aliphatic carbocycles. The lowest BCUT2D eigenvalue weighted by Crippen LogP contribution is -2.10. The van der Waals surface area contributed by atoms with Crippen LogP contribution in [0.3, 0.4) is 0 Å². The lowest BCUT2D eigenvalue weighted by atomic mass is 10.1. The first-order valence-corrected chi connectivity index (χ1v) is 6.05. The highest BCUT2D eigenvalue weighted by Gasteiger charge is 2.04. The van der Waals surface area contributed by atoms with E-state index in [1.807, 2.05) is 25.1 Å². The van der Waals surface area contributed by atoms with Crippen molar-refractivity contribution in [3.05, 3.63) is 35.4 Å². The maximum atomic E-state index is 11.4. The average molecular weight is 261 g/mol. The largest absolute Gasteiger partial charge is 0.508 e. The Kier molecular flexibility index (Phi) is 5.45. The summed E-state index contributed by atoms with van der Waals surface area (Å²) in [6.07, 6.45) is 2.98. The molecule has 102 valence electrons. The molecule has 0 amide bonds. The van der Waals surface area contributed by atoms with E-state index < -0.39 is 0 Å². The van der Waals surface area contributed by atoms with E-state index in [2.05, 4.69) is 0 Å². The maximum Gasteiger partial charge on any atom is 0.163 e. The molecule has 0 atom stereocenters. The van der Waals surface area contributed by atoms with Gasteiger partial charge in [-0.1, -0.05) is 12.1 Å². The number of carbonyl (C=O) groups is 2. The molecular formula is C15H19NO3. The molecule has 4 nitrogen and oxygen atoms in total. The van der Waals surface area contributed by atoms with E-state index in [0.717, 1.165) is 11.1 Å². The Bertz CT molecular complexity index is 504. The Morgan fingerprint density at radius 3 is 2.58 bits per heavy atom. The zero-order chi connectivity index (χ0) is 14.4. The van der Waals surface area contributed by atoms with Gasteiger partial charge in [0, 0.05) is 12.1 Å². The van der Waals surface area contributed by atoms with Crippen LogP contribution in [-0.2, 0) is 16.1 Å². The van der Waals surface area contributed by atoms with Crippen LogP contribution >= 0.6 is 0 Å². The average Bonchev–Trinajstić information content (AvgIpc) is 2.28. The molecule has 0 saturated carbocycles. The van der Waals surface area contributed by atoms with Crippen molar-refractivity contribution in [1.29, 1.82) is 0 Å². The van der Waals surface area contributed by atoms with Crippen LogP contribution in [-0.4, -0.2) is 35.7 Å². The Balaban J connectivity index is 2.82. The zero-order valence-corrected chi connectivity index (χ0v) is 11.5. The number of nitrogens with zero attached hydrogens (tertiary/aromatic N) is 1. The van der Waals surface area contributed by atoms with Gasteiger partial charge in [0.15, 0.2) is 5.78 Å². The normalized spacial score (nSPS) is 11.2. The fraction of sp³-hybridized carbons (Fsp3) is 0.333. The summed E-state index contributed by atoms with van der Waals surface area (Å²) in [5, 5.41) is 9.72. The van der Waals surface area contributed by atoms with Crippen LogP contribution in [0.25, 0.3) is 6.08 Å². The third kappa shape index (κ3) is 5.48. The highest BCUT2D eigenvalue weighted by Crippen LogP contribution is 2.20. The molecule has 4 heteroatoms. The van der Waals surface area contributed by atoms with Crippen molar-refractivity contribution in [2.75, 3.05) is 14.1 Å². The number of hydrogen-bond acceptors (Lipinski definition) is 4. The first-order valence-electron chi connectivity index (χ1n) is 6.05. The second kappa shape index (κ2) is 6.85. The van der Waals surface area contributed by atoms with E-state index in [9.17, 15) is 14.7 Å². The highest BCUT2D eigenvalue weighted by atomic mass is 16.3. The summed E-state index contributed by atoms with van der Waals surface area (Å²) in [5.41, 5.74) is 1.62. The van der Waals surface area contributed by atoms with E-state index in [1.165, 1.54) is 13.0 Å². The number of phenols is 1. The third-order valence-corrected chi connectivity index (χ3v) is 2.47.